The molecule has 0 aliphatic rings. The Labute approximate surface area is 138 Å². The van der Waals surface area contributed by atoms with E-state index in [1.807, 2.05) is 36.4 Å². The molecule has 0 saturated carbocycles. The Morgan fingerprint density at radius 3 is 2.14 bits per heavy atom. The number of ketones is 1. The summed E-state index contributed by atoms with van der Waals surface area (Å²) in [6.07, 6.45) is 0. The van der Waals surface area contributed by atoms with Gasteiger partial charge in [0.05, 0.1) is 11.2 Å². The van der Waals surface area contributed by atoms with Crippen molar-refractivity contribution < 1.29 is 24.9 Å². The molecular formula is C18H16IrNO-. The van der Waals surface area contributed by atoms with E-state index in [9.17, 15) is 4.79 Å². The van der Waals surface area contributed by atoms with Crippen molar-refractivity contribution in [2.24, 2.45) is 0 Å². The zero-order chi connectivity index (χ0) is 14.4. The summed E-state index contributed by atoms with van der Waals surface area (Å²) < 4.78 is 0. The Kier molecular flexibility index (Phi) is 6.80. The second-order valence-electron chi connectivity index (χ2n) is 4.46. The van der Waals surface area contributed by atoms with Gasteiger partial charge in [0, 0.05) is 31.1 Å². The number of Topliss-reactive ketones (excluding diaryl/α,β-unsaturated/α-hetero) is 1. The molecule has 0 spiro atoms. The molecule has 2 nitrogen and oxygen atoms in total. The Bertz CT molecular complexity index is 706. The van der Waals surface area contributed by atoms with Crippen LogP contribution in [-0.2, 0) is 24.9 Å². The van der Waals surface area contributed by atoms with E-state index in [1.165, 1.54) is 12.3 Å². The fourth-order valence-corrected chi connectivity index (χ4v) is 1.84. The van der Waals surface area contributed by atoms with E-state index in [1.54, 1.807) is 0 Å². The smallest absolute Gasteiger partial charge is 0.0709 e. The first kappa shape index (κ1) is 17.1. The maximum atomic E-state index is 9.33. The predicted octanol–water partition coefficient (Wildman–Crippen LogP) is 4.31. The van der Waals surface area contributed by atoms with E-state index in [4.69, 9.17) is 0 Å². The van der Waals surface area contributed by atoms with Crippen LogP contribution in [0.1, 0.15) is 6.92 Å². The van der Waals surface area contributed by atoms with Crippen LogP contribution in [0, 0.1) is 6.92 Å². The molecule has 2 aromatic carbocycles. The first-order valence-corrected chi connectivity index (χ1v) is 6.40. The Balaban J connectivity index is 0.000000397. The molecule has 109 valence electrons. The van der Waals surface area contributed by atoms with E-state index in [0.29, 0.717) is 0 Å². The number of nitrogens with zero attached hydrogens (tertiary/aromatic N) is 1. The van der Waals surface area contributed by atoms with Crippen LogP contribution in [0.15, 0.2) is 66.7 Å². The summed E-state index contributed by atoms with van der Waals surface area (Å²) in [6.45, 7) is 4.42. The first-order valence-electron chi connectivity index (χ1n) is 6.40. The third kappa shape index (κ3) is 5.14. The number of para-hydroxylation sites is 1. The number of hydrogen-bond acceptors (Lipinski definition) is 2. The van der Waals surface area contributed by atoms with Gasteiger partial charge in [-0.3, -0.25) is 0 Å². The summed E-state index contributed by atoms with van der Waals surface area (Å²) in [5.41, 5.74) is 3.23. The summed E-state index contributed by atoms with van der Waals surface area (Å²) in [5, 5.41) is 1.18. The normalized spacial score (nSPS) is 9.19. The Morgan fingerprint density at radius 1 is 0.905 bits per heavy atom. The van der Waals surface area contributed by atoms with Crippen molar-refractivity contribution in [1.29, 1.82) is 0 Å². The second-order valence-corrected chi connectivity index (χ2v) is 4.46. The second kappa shape index (κ2) is 8.35. The molecular weight excluding hydrogens is 438 g/mol. The minimum atomic E-state index is -0.0833. The van der Waals surface area contributed by atoms with Crippen LogP contribution in [0.4, 0.5) is 0 Å². The summed E-state index contributed by atoms with van der Waals surface area (Å²) in [7, 11) is 0. The van der Waals surface area contributed by atoms with Crippen LogP contribution in [0.3, 0.4) is 0 Å². The summed E-state index contributed by atoms with van der Waals surface area (Å²) in [5.74, 6) is -0.0833. The van der Waals surface area contributed by atoms with Crippen LogP contribution < -0.4 is 0 Å². The minimum absolute atomic E-state index is 0. The monoisotopic (exact) mass is 455 g/mol. The van der Waals surface area contributed by atoms with Gasteiger partial charge in [0.25, 0.3) is 0 Å². The van der Waals surface area contributed by atoms with Gasteiger partial charge < -0.3 is 11.7 Å². The molecule has 3 aromatic rings. The molecule has 1 heterocycles. The maximum Gasteiger partial charge on any atom is 0.0709 e. The van der Waals surface area contributed by atoms with Crippen LogP contribution in [0.25, 0.3) is 22.2 Å². The topological polar surface area (TPSA) is 30.0 Å². The predicted molar refractivity (Wildman–Crippen MR) is 83.2 cm³/mol. The molecule has 0 N–H and O–H groups in total. The molecule has 1 aromatic heterocycles. The number of hydrogen-bond donors (Lipinski definition) is 0. The van der Waals surface area contributed by atoms with Crippen molar-refractivity contribution in [1.82, 2.24) is 4.98 Å². The van der Waals surface area contributed by atoms with Crippen LogP contribution in [0.5, 0.6) is 0 Å². The van der Waals surface area contributed by atoms with Gasteiger partial charge in [-0.1, -0.05) is 54.6 Å². The largest absolute Gasteiger partial charge is 0.340 e. The molecule has 0 aliphatic heterocycles. The van der Waals surface area contributed by atoms with Crippen LogP contribution in [-0.4, -0.2) is 10.8 Å². The van der Waals surface area contributed by atoms with Gasteiger partial charge in [0.2, 0.25) is 0 Å². The summed E-state index contributed by atoms with van der Waals surface area (Å²) in [4.78, 5) is 14.0. The Morgan fingerprint density at radius 2 is 1.48 bits per heavy atom. The number of aromatic nitrogens is 1. The molecule has 0 aliphatic carbocycles. The number of carbonyl (C=O) groups excluding carboxylic acids is 1. The van der Waals surface area contributed by atoms with Crippen LogP contribution >= 0.6 is 0 Å². The summed E-state index contributed by atoms with van der Waals surface area (Å²) in [6, 6.07) is 22.6. The fourth-order valence-electron chi connectivity index (χ4n) is 1.84. The number of benzene rings is 2. The number of rotatable bonds is 1. The van der Waals surface area contributed by atoms with Gasteiger partial charge in [-0.25, -0.2) is 4.98 Å². The van der Waals surface area contributed by atoms with Crippen molar-refractivity contribution in [2.75, 3.05) is 0 Å². The molecule has 0 unspecified atom stereocenters. The van der Waals surface area contributed by atoms with E-state index in [-0.39, 0.29) is 25.9 Å². The van der Waals surface area contributed by atoms with Crippen LogP contribution in [0.2, 0.25) is 0 Å². The molecule has 0 atom stereocenters. The third-order valence-corrected chi connectivity index (χ3v) is 2.67. The number of pyridine rings is 1. The molecule has 0 amide bonds. The van der Waals surface area contributed by atoms with E-state index in [0.717, 1.165) is 16.8 Å². The van der Waals surface area contributed by atoms with E-state index < -0.39 is 0 Å². The number of carbonyl (C=O) groups is 1. The SMILES string of the molecule is [CH2-]C(C)=O.[Ir].c1ccc(-c2ccc3ccccc3n2)cc1. The zero-order valence-corrected chi connectivity index (χ0v) is 14.1. The molecule has 0 bridgehead atoms. The van der Waals surface area contributed by atoms with Gasteiger partial charge in [0.15, 0.2) is 0 Å². The maximum absolute atomic E-state index is 9.33. The van der Waals surface area contributed by atoms with Crippen molar-refractivity contribution in [3.8, 4) is 11.3 Å². The Hall–Kier alpha value is -1.96. The quantitative estimate of drug-likeness (QED) is 0.513. The van der Waals surface area contributed by atoms with Crippen molar-refractivity contribution in [3.05, 3.63) is 73.7 Å². The molecule has 0 fully saturated rings. The van der Waals surface area contributed by atoms with Gasteiger partial charge in [0.1, 0.15) is 0 Å². The summed E-state index contributed by atoms with van der Waals surface area (Å²) >= 11 is 0. The third-order valence-electron chi connectivity index (χ3n) is 2.67. The van der Waals surface area contributed by atoms with Gasteiger partial charge in [-0.15, -0.1) is 0 Å². The first-order chi connectivity index (χ1) is 9.66. The number of fused-ring (bicyclic) bond motifs is 1. The average molecular weight is 455 g/mol. The van der Waals surface area contributed by atoms with Crippen molar-refractivity contribution in [3.63, 3.8) is 0 Å². The van der Waals surface area contributed by atoms with E-state index >= 15 is 0 Å². The average Bonchev–Trinajstić information content (AvgIpc) is 2.47. The molecule has 3 rings (SSSR count). The van der Waals surface area contributed by atoms with Gasteiger partial charge in [-0.05, 0) is 24.8 Å². The zero-order valence-electron chi connectivity index (χ0n) is 11.7. The van der Waals surface area contributed by atoms with Gasteiger partial charge >= 0.3 is 0 Å². The molecule has 1 radical (unpaired) electrons. The molecule has 0 saturated heterocycles. The van der Waals surface area contributed by atoms with E-state index in [2.05, 4.69) is 42.2 Å². The fraction of sp³-hybridized carbons (Fsp3) is 0.0556. The van der Waals surface area contributed by atoms with Crippen molar-refractivity contribution >= 4 is 16.7 Å². The standard InChI is InChI=1S/C15H11N.C3H5O.Ir/c1-2-6-12(7-3-1)15-11-10-13-8-4-5-9-14(13)16-15;1-3(2)4;/h1-11H;1H2,2H3;/q;-1;. The molecule has 3 heteroatoms. The molecule has 21 heavy (non-hydrogen) atoms. The van der Waals surface area contributed by atoms with Crippen molar-refractivity contribution in [2.45, 2.75) is 6.92 Å². The van der Waals surface area contributed by atoms with Gasteiger partial charge in [-0.2, -0.15) is 0 Å². The minimum Gasteiger partial charge on any atom is -0.340 e.